The summed E-state index contributed by atoms with van der Waals surface area (Å²) in [5, 5.41) is 16.4. The maximum absolute atomic E-state index is 13.2. The molecule has 124 valence electrons. The van der Waals surface area contributed by atoms with Gasteiger partial charge in [-0.25, -0.2) is 4.39 Å². The number of halogens is 1. The summed E-state index contributed by atoms with van der Waals surface area (Å²) in [5.41, 5.74) is 5.86. The number of rotatable bonds is 4. The third-order valence-corrected chi connectivity index (χ3v) is 3.80. The van der Waals surface area contributed by atoms with Crippen molar-refractivity contribution < 1.29 is 13.9 Å². The molecule has 1 fully saturated rings. The first-order chi connectivity index (χ1) is 11.6. The lowest BCUT2D eigenvalue weighted by Crippen LogP contribution is -2.29. The molecule has 3 rings (SSSR count). The number of hydrogen-bond donors (Lipinski definition) is 2. The van der Waals surface area contributed by atoms with Crippen LogP contribution in [0.1, 0.15) is 22.8 Å². The number of anilines is 2. The van der Waals surface area contributed by atoms with E-state index in [1.807, 2.05) is 0 Å². The first kappa shape index (κ1) is 15.9. The van der Waals surface area contributed by atoms with Crippen LogP contribution in [0.15, 0.2) is 24.7 Å². The van der Waals surface area contributed by atoms with Crippen LogP contribution in [0.3, 0.4) is 0 Å². The number of nitriles is 1. The van der Waals surface area contributed by atoms with Gasteiger partial charge < -0.3 is 15.8 Å². The van der Waals surface area contributed by atoms with Crippen LogP contribution < -0.4 is 11.1 Å². The van der Waals surface area contributed by atoms with Gasteiger partial charge in [-0.15, -0.1) is 0 Å². The molecule has 1 saturated heterocycles. The Kier molecular flexibility index (Phi) is 4.39. The lowest BCUT2D eigenvalue weighted by atomic mass is 9.97. The normalized spacial score (nSPS) is 20.3. The standard InChI is InChI=1S/C15H15FN6O2/c16-10-3-11(6-19-5-10)20-15-12(14(18)23)7-22(21-15)13-8-24-2-1-9(13)4-17/h3,5-7,9,13H,1-2,8H2,(H2,18,23)(H,20,21). The van der Waals surface area contributed by atoms with Gasteiger partial charge in [-0.3, -0.25) is 14.5 Å². The molecule has 2 aromatic heterocycles. The van der Waals surface area contributed by atoms with E-state index in [0.29, 0.717) is 25.3 Å². The molecule has 24 heavy (non-hydrogen) atoms. The van der Waals surface area contributed by atoms with Crippen LogP contribution in [0, 0.1) is 23.1 Å². The van der Waals surface area contributed by atoms with Gasteiger partial charge in [0.25, 0.3) is 5.91 Å². The molecule has 0 aliphatic carbocycles. The third kappa shape index (κ3) is 3.18. The van der Waals surface area contributed by atoms with E-state index in [2.05, 4.69) is 21.5 Å². The average molecular weight is 330 g/mol. The topological polar surface area (TPSA) is 119 Å². The van der Waals surface area contributed by atoms with Crippen LogP contribution in [0.5, 0.6) is 0 Å². The van der Waals surface area contributed by atoms with Gasteiger partial charge in [0, 0.05) is 18.9 Å². The van der Waals surface area contributed by atoms with Gasteiger partial charge in [0.15, 0.2) is 5.82 Å². The highest BCUT2D eigenvalue weighted by Crippen LogP contribution is 2.28. The number of hydrogen-bond acceptors (Lipinski definition) is 6. The first-order valence-electron chi connectivity index (χ1n) is 7.32. The van der Waals surface area contributed by atoms with Crippen molar-refractivity contribution in [2.24, 2.45) is 11.7 Å². The molecule has 8 nitrogen and oxygen atoms in total. The van der Waals surface area contributed by atoms with Crippen molar-refractivity contribution >= 4 is 17.4 Å². The van der Waals surface area contributed by atoms with Gasteiger partial charge in [-0.05, 0) is 6.42 Å². The Morgan fingerprint density at radius 3 is 3.08 bits per heavy atom. The second-order valence-electron chi connectivity index (χ2n) is 5.42. The molecule has 2 unspecified atom stereocenters. The van der Waals surface area contributed by atoms with Gasteiger partial charge >= 0.3 is 0 Å². The van der Waals surface area contributed by atoms with Crippen molar-refractivity contribution in [1.29, 1.82) is 5.26 Å². The number of nitrogens with two attached hydrogens (primary N) is 1. The largest absolute Gasteiger partial charge is 0.379 e. The smallest absolute Gasteiger partial charge is 0.254 e. The summed E-state index contributed by atoms with van der Waals surface area (Å²) in [6.45, 7) is 0.831. The van der Waals surface area contributed by atoms with E-state index in [1.165, 1.54) is 23.1 Å². The second-order valence-corrected chi connectivity index (χ2v) is 5.42. The van der Waals surface area contributed by atoms with E-state index < -0.39 is 11.7 Å². The highest BCUT2D eigenvalue weighted by atomic mass is 19.1. The molecule has 3 N–H and O–H groups in total. The zero-order valence-electron chi connectivity index (χ0n) is 12.6. The predicted octanol–water partition coefficient (Wildman–Crippen LogP) is 1.36. The third-order valence-electron chi connectivity index (χ3n) is 3.80. The molecular weight excluding hydrogens is 315 g/mol. The summed E-state index contributed by atoms with van der Waals surface area (Å²) >= 11 is 0. The summed E-state index contributed by atoms with van der Waals surface area (Å²) in [6.07, 6.45) is 4.52. The zero-order valence-corrected chi connectivity index (χ0v) is 12.6. The minimum absolute atomic E-state index is 0.140. The highest BCUT2D eigenvalue weighted by molar-refractivity contribution is 5.98. The maximum atomic E-state index is 13.2. The summed E-state index contributed by atoms with van der Waals surface area (Å²) in [7, 11) is 0. The van der Waals surface area contributed by atoms with Crippen LogP contribution in [0.2, 0.25) is 0 Å². The van der Waals surface area contributed by atoms with Crippen molar-refractivity contribution in [2.45, 2.75) is 12.5 Å². The van der Waals surface area contributed by atoms with E-state index in [-0.39, 0.29) is 23.3 Å². The van der Waals surface area contributed by atoms with Gasteiger partial charge in [0.1, 0.15) is 11.4 Å². The van der Waals surface area contributed by atoms with Gasteiger partial charge in [0.2, 0.25) is 0 Å². The Morgan fingerprint density at radius 1 is 1.54 bits per heavy atom. The molecule has 0 bridgehead atoms. The van der Waals surface area contributed by atoms with E-state index in [0.717, 1.165) is 6.20 Å². The number of carbonyl (C=O) groups is 1. The molecule has 2 aromatic rings. The highest BCUT2D eigenvalue weighted by Gasteiger charge is 2.29. The summed E-state index contributed by atoms with van der Waals surface area (Å²) in [4.78, 5) is 15.4. The number of carbonyl (C=O) groups excluding carboxylic acids is 1. The van der Waals surface area contributed by atoms with Gasteiger partial charge in [-0.1, -0.05) is 0 Å². The molecule has 0 aromatic carbocycles. The molecule has 3 heterocycles. The molecule has 1 aliphatic heterocycles. The monoisotopic (exact) mass is 330 g/mol. The van der Waals surface area contributed by atoms with Gasteiger partial charge in [0.05, 0.1) is 42.7 Å². The van der Waals surface area contributed by atoms with Crippen LogP contribution >= 0.6 is 0 Å². The molecular formula is C15H15FN6O2. The number of amides is 1. The Labute approximate surface area is 137 Å². The van der Waals surface area contributed by atoms with Crippen molar-refractivity contribution in [3.63, 3.8) is 0 Å². The fourth-order valence-corrected chi connectivity index (χ4v) is 2.59. The van der Waals surface area contributed by atoms with Crippen molar-refractivity contribution in [3.8, 4) is 6.07 Å². The molecule has 2 atom stereocenters. The quantitative estimate of drug-likeness (QED) is 0.873. The van der Waals surface area contributed by atoms with Crippen LogP contribution in [-0.4, -0.2) is 33.9 Å². The van der Waals surface area contributed by atoms with E-state index >= 15 is 0 Å². The summed E-state index contributed by atoms with van der Waals surface area (Å²) < 4.78 is 20.2. The Bertz CT molecular complexity index is 800. The van der Waals surface area contributed by atoms with Crippen molar-refractivity contribution in [2.75, 3.05) is 18.5 Å². The van der Waals surface area contributed by atoms with Crippen molar-refractivity contribution in [1.82, 2.24) is 14.8 Å². The molecule has 1 aliphatic rings. The fraction of sp³-hybridized carbons (Fsp3) is 0.333. The number of pyridine rings is 1. The van der Waals surface area contributed by atoms with E-state index in [1.54, 1.807) is 0 Å². The van der Waals surface area contributed by atoms with Crippen LogP contribution in [-0.2, 0) is 4.74 Å². The number of nitrogens with one attached hydrogen (secondary N) is 1. The van der Waals surface area contributed by atoms with Crippen LogP contribution in [0.25, 0.3) is 0 Å². The van der Waals surface area contributed by atoms with Crippen LogP contribution in [0.4, 0.5) is 15.9 Å². The predicted molar refractivity (Wildman–Crippen MR) is 81.8 cm³/mol. The minimum atomic E-state index is -0.682. The molecule has 0 saturated carbocycles. The molecule has 0 spiro atoms. The van der Waals surface area contributed by atoms with E-state index in [9.17, 15) is 14.4 Å². The first-order valence-corrected chi connectivity index (χ1v) is 7.32. The second kappa shape index (κ2) is 6.64. The number of ether oxygens (including phenoxy) is 1. The molecule has 9 heteroatoms. The number of nitrogens with zero attached hydrogens (tertiary/aromatic N) is 4. The fourth-order valence-electron chi connectivity index (χ4n) is 2.59. The van der Waals surface area contributed by atoms with Crippen molar-refractivity contribution in [3.05, 3.63) is 36.0 Å². The molecule has 0 radical (unpaired) electrons. The minimum Gasteiger partial charge on any atom is -0.379 e. The van der Waals surface area contributed by atoms with E-state index in [4.69, 9.17) is 10.5 Å². The SMILES string of the molecule is N#CC1CCOCC1n1cc(C(N)=O)c(Nc2cncc(F)c2)n1. The Hall–Kier alpha value is -2.99. The lowest BCUT2D eigenvalue weighted by molar-refractivity contribution is 0.0342. The number of primary amides is 1. The Balaban J connectivity index is 1.93. The summed E-state index contributed by atoms with van der Waals surface area (Å²) in [6, 6.07) is 3.13. The average Bonchev–Trinajstić information content (AvgIpc) is 2.98. The zero-order chi connectivity index (χ0) is 17.1. The number of aromatic nitrogens is 3. The Morgan fingerprint density at radius 2 is 2.38 bits per heavy atom. The molecule has 1 amide bonds. The van der Waals surface area contributed by atoms with Gasteiger partial charge in [-0.2, -0.15) is 10.4 Å². The summed E-state index contributed by atoms with van der Waals surface area (Å²) in [5.74, 6) is -1.30. The maximum Gasteiger partial charge on any atom is 0.254 e. The lowest BCUT2D eigenvalue weighted by Gasteiger charge is -2.26.